The Kier molecular flexibility index (Phi) is 2.80. The Morgan fingerprint density at radius 2 is 2.05 bits per heavy atom. The minimum absolute atomic E-state index is 0.0505. The molecule has 0 saturated heterocycles. The van der Waals surface area contributed by atoms with Crippen molar-refractivity contribution in [1.82, 2.24) is 9.97 Å². The lowest BCUT2D eigenvalue weighted by molar-refractivity contribution is -0.136. The van der Waals surface area contributed by atoms with Crippen LogP contribution in [-0.4, -0.2) is 21.0 Å². The number of carboxylic acid groups (broad SMARTS) is 1. The molecule has 0 saturated carbocycles. The smallest absolute Gasteiger partial charge is 0.307 e. The molecule has 1 aromatic heterocycles. The Morgan fingerprint density at radius 1 is 1.37 bits per heavy atom. The summed E-state index contributed by atoms with van der Waals surface area (Å²) in [4.78, 5) is 18.5. The number of nitrogens with two attached hydrogens (primary N) is 3. The van der Waals surface area contributed by atoms with Crippen LogP contribution in [0.15, 0.2) is 6.07 Å². The van der Waals surface area contributed by atoms with Crippen LogP contribution in [0.1, 0.15) is 11.1 Å². The summed E-state index contributed by atoms with van der Waals surface area (Å²) in [7, 11) is 0. The molecule has 2 aromatic rings. The third-order valence-electron chi connectivity index (χ3n) is 2.62. The molecule has 0 aliphatic carbocycles. The number of hydrogen-bond acceptors (Lipinski definition) is 7. The van der Waals surface area contributed by atoms with Gasteiger partial charge in [0, 0.05) is 5.39 Å². The van der Waals surface area contributed by atoms with Gasteiger partial charge in [0.1, 0.15) is 17.5 Å². The quantitative estimate of drug-likeness (QED) is 0.541. The number of rotatable bonds is 2. The van der Waals surface area contributed by atoms with Gasteiger partial charge in [0.15, 0.2) is 0 Å². The molecule has 0 radical (unpaired) electrons. The number of fused-ring (bicyclic) bond motifs is 1. The summed E-state index contributed by atoms with van der Waals surface area (Å²) >= 11 is 0. The molecule has 96 valence electrons. The molecule has 1 aromatic carbocycles. The Balaban J connectivity index is 2.87. The van der Waals surface area contributed by atoms with Crippen LogP contribution in [-0.2, 0) is 11.2 Å². The van der Waals surface area contributed by atoms with Crippen molar-refractivity contribution in [2.75, 3.05) is 17.2 Å². The maximum Gasteiger partial charge on any atom is 0.307 e. The fraction of sp³-hybridized carbons (Fsp3) is 0.0909. The average Bonchev–Trinajstić information content (AvgIpc) is 2.31. The Bertz CT molecular complexity index is 734. The molecule has 0 aliphatic rings. The second-order valence-electron chi connectivity index (χ2n) is 3.87. The van der Waals surface area contributed by atoms with Crippen LogP contribution in [0.3, 0.4) is 0 Å². The fourth-order valence-electron chi connectivity index (χ4n) is 1.80. The molecule has 0 aliphatic heterocycles. The predicted octanol–water partition coefficient (Wildman–Crippen LogP) is -0.125. The Labute approximate surface area is 107 Å². The van der Waals surface area contributed by atoms with Gasteiger partial charge in [-0.2, -0.15) is 10.2 Å². The van der Waals surface area contributed by atoms with Gasteiger partial charge in [-0.15, -0.1) is 0 Å². The normalized spacial score (nSPS) is 10.3. The minimum atomic E-state index is -1.06. The summed E-state index contributed by atoms with van der Waals surface area (Å²) in [5.41, 5.74) is 17.6. The van der Waals surface area contributed by atoms with Crippen molar-refractivity contribution in [1.29, 1.82) is 5.26 Å². The van der Waals surface area contributed by atoms with Gasteiger partial charge in [-0.1, -0.05) is 0 Å². The fourth-order valence-corrected chi connectivity index (χ4v) is 1.80. The van der Waals surface area contributed by atoms with Gasteiger partial charge in [-0.05, 0) is 11.6 Å². The van der Waals surface area contributed by atoms with Crippen LogP contribution in [0.4, 0.5) is 17.5 Å². The van der Waals surface area contributed by atoms with E-state index in [0.29, 0.717) is 5.39 Å². The van der Waals surface area contributed by atoms with Gasteiger partial charge in [-0.25, -0.2) is 4.98 Å². The number of nitrogen functional groups attached to an aromatic ring is 3. The molecule has 0 spiro atoms. The van der Waals surface area contributed by atoms with E-state index in [4.69, 9.17) is 27.6 Å². The van der Waals surface area contributed by atoms with Crippen LogP contribution in [0.5, 0.6) is 0 Å². The second-order valence-corrected chi connectivity index (χ2v) is 3.87. The van der Waals surface area contributed by atoms with Crippen LogP contribution >= 0.6 is 0 Å². The van der Waals surface area contributed by atoms with E-state index >= 15 is 0 Å². The monoisotopic (exact) mass is 258 g/mol. The average molecular weight is 258 g/mol. The number of hydrogen-bond donors (Lipinski definition) is 4. The van der Waals surface area contributed by atoms with E-state index in [1.165, 1.54) is 6.07 Å². The summed E-state index contributed by atoms with van der Waals surface area (Å²) in [6.45, 7) is 0. The molecule has 0 fully saturated rings. The Hall–Kier alpha value is -3.08. The zero-order chi connectivity index (χ0) is 14.2. The van der Waals surface area contributed by atoms with Crippen molar-refractivity contribution in [3.05, 3.63) is 17.2 Å². The third-order valence-corrected chi connectivity index (χ3v) is 2.62. The first kappa shape index (κ1) is 12.4. The molecular weight excluding hydrogens is 248 g/mol. The molecule has 1 heterocycles. The molecule has 7 N–H and O–H groups in total. The van der Waals surface area contributed by atoms with E-state index in [1.807, 2.05) is 6.07 Å². The number of nitriles is 1. The largest absolute Gasteiger partial charge is 0.481 e. The first-order valence-corrected chi connectivity index (χ1v) is 5.20. The van der Waals surface area contributed by atoms with Crippen molar-refractivity contribution in [3.8, 4) is 6.07 Å². The SMILES string of the molecule is N#Cc1c(N)c(CC(=O)O)cc2c(N)nc(N)nc12. The second kappa shape index (κ2) is 4.30. The first-order chi connectivity index (χ1) is 8.93. The van der Waals surface area contributed by atoms with Gasteiger partial charge >= 0.3 is 5.97 Å². The molecule has 8 heteroatoms. The number of carboxylic acids is 1. The summed E-state index contributed by atoms with van der Waals surface area (Å²) in [6, 6.07) is 3.35. The molecule has 0 bridgehead atoms. The zero-order valence-corrected chi connectivity index (χ0v) is 9.71. The molecule has 8 nitrogen and oxygen atoms in total. The third kappa shape index (κ3) is 2.04. The number of aromatic nitrogens is 2. The lowest BCUT2D eigenvalue weighted by atomic mass is 10.0. The molecule has 0 unspecified atom stereocenters. The topological polar surface area (TPSA) is 165 Å². The van der Waals surface area contributed by atoms with Gasteiger partial charge in [-0.3, -0.25) is 4.79 Å². The Morgan fingerprint density at radius 3 is 2.63 bits per heavy atom. The van der Waals surface area contributed by atoms with Crippen LogP contribution in [0.2, 0.25) is 0 Å². The summed E-state index contributed by atoms with van der Waals surface area (Å²) in [5, 5.41) is 18.3. The molecule has 0 amide bonds. The summed E-state index contributed by atoms with van der Waals surface area (Å²) in [6.07, 6.45) is -0.319. The highest BCUT2D eigenvalue weighted by atomic mass is 16.4. The lowest BCUT2D eigenvalue weighted by Gasteiger charge is -2.10. The van der Waals surface area contributed by atoms with Crippen molar-refractivity contribution in [2.45, 2.75) is 6.42 Å². The molecule has 0 atom stereocenters. The highest BCUT2D eigenvalue weighted by Gasteiger charge is 2.16. The number of aliphatic carboxylic acids is 1. The van der Waals surface area contributed by atoms with E-state index in [1.54, 1.807) is 0 Å². The summed E-state index contributed by atoms with van der Waals surface area (Å²) < 4.78 is 0. The van der Waals surface area contributed by atoms with Crippen molar-refractivity contribution in [2.24, 2.45) is 0 Å². The van der Waals surface area contributed by atoms with Crippen molar-refractivity contribution in [3.63, 3.8) is 0 Å². The van der Waals surface area contributed by atoms with Crippen LogP contribution < -0.4 is 17.2 Å². The van der Waals surface area contributed by atoms with Crippen LogP contribution in [0, 0.1) is 11.3 Å². The van der Waals surface area contributed by atoms with Gasteiger partial charge in [0.2, 0.25) is 5.95 Å². The van der Waals surface area contributed by atoms with Gasteiger partial charge < -0.3 is 22.3 Å². The number of benzene rings is 1. The zero-order valence-electron chi connectivity index (χ0n) is 9.71. The number of nitrogens with zero attached hydrogens (tertiary/aromatic N) is 3. The highest BCUT2D eigenvalue weighted by Crippen LogP contribution is 2.29. The van der Waals surface area contributed by atoms with E-state index < -0.39 is 5.97 Å². The standard InChI is InChI=1S/C11H10N6O2/c12-3-6-8(13)4(2-7(18)19)1-5-9(6)16-11(15)17-10(5)14/h1H,2,13H2,(H,18,19)(H4,14,15,16,17). The van der Waals surface area contributed by atoms with Crippen molar-refractivity contribution < 1.29 is 9.90 Å². The highest BCUT2D eigenvalue weighted by molar-refractivity contribution is 5.97. The van der Waals surface area contributed by atoms with E-state index in [-0.39, 0.29) is 40.5 Å². The van der Waals surface area contributed by atoms with Crippen LogP contribution in [0.25, 0.3) is 10.9 Å². The molecule has 2 rings (SSSR count). The maximum absolute atomic E-state index is 10.8. The van der Waals surface area contributed by atoms with E-state index in [2.05, 4.69) is 9.97 Å². The molecule has 19 heavy (non-hydrogen) atoms. The van der Waals surface area contributed by atoms with E-state index in [9.17, 15) is 4.79 Å². The van der Waals surface area contributed by atoms with Crippen molar-refractivity contribution >= 4 is 34.3 Å². The first-order valence-electron chi connectivity index (χ1n) is 5.20. The predicted molar refractivity (Wildman–Crippen MR) is 68.8 cm³/mol. The van der Waals surface area contributed by atoms with Gasteiger partial charge in [0.05, 0.1) is 17.6 Å². The molecular formula is C11H10N6O2. The maximum atomic E-state index is 10.8. The van der Waals surface area contributed by atoms with Gasteiger partial charge in [0.25, 0.3) is 0 Å². The number of anilines is 3. The van der Waals surface area contributed by atoms with E-state index in [0.717, 1.165) is 0 Å². The summed E-state index contributed by atoms with van der Waals surface area (Å²) in [5.74, 6) is -1.07. The minimum Gasteiger partial charge on any atom is -0.481 e. The lowest BCUT2D eigenvalue weighted by Crippen LogP contribution is -2.08. The number of carbonyl (C=O) groups is 1.